The van der Waals surface area contributed by atoms with Crippen molar-refractivity contribution >= 4 is 0 Å². The van der Waals surface area contributed by atoms with E-state index in [4.69, 9.17) is 0 Å². The van der Waals surface area contributed by atoms with Crippen LogP contribution >= 0.6 is 0 Å². The molecule has 1 rings (SSSR count). The van der Waals surface area contributed by atoms with Crippen molar-refractivity contribution in [3.05, 3.63) is 12.2 Å². The van der Waals surface area contributed by atoms with Crippen LogP contribution in [0.5, 0.6) is 0 Å². The first-order valence-corrected chi connectivity index (χ1v) is 4.41. The van der Waals surface area contributed by atoms with Gasteiger partial charge < -0.3 is 0 Å². The smallest absolute Gasteiger partial charge is 0.0168 e. The third-order valence-electron chi connectivity index (χ3n) is 2.63. The summed E-state index contributed by atoms with van der Waals surface area (Å²) in [4.78, 5) is 0. The summed E-state index contributed by atoms with van der Waals surface area (Å²) in [6.45, 7) is 8.56. The summed E-state index contributed by atoms with van der Waals surface area (Å²) in [6.07, 6.45) is 5.45. The lowest BCUT2D eigenvalue weighted by atomic mass is 10.0. The largest absolute Gasteiger partial charge is 0.0995 e. The summed E-state index contributed by atoms with van der Waals surface area (Å²) < 4.78 is 0. The van der Waals surface area contributed by atoms with E-state index in [1.165, 1.54) is 31.3 Å². The van der Waals surface area contributed by atoms with E-state index in [0.29, 0.717) is 0 Å². The van der Waals surface area contributed by atoms with Crippen molar-refractivity contribution in [2.45, 2.75) is 39.5 Å². The van der Waals surface area contributed by atoms with E-state index >= 15 is 0 Å². The third kappa shape index (κ3) is 2.17. The molecule has 0 aromatic rings. The highest BCUT2D eigenvalue weighted by Gasteiger charge is 2.26. The first-order valence-electron chi connectivity index (χ1n) is 4.41. The van der Waals surface area contributed by atoms with Crippen LogP contribution in [0.25, 0.3) is 0 Å². The summed E-state index contributed by atoms with van der Waals surface area (Å²) in [6, 6.07) is 0. The van der Waals surface area contributed by atoms with Crippen molar-refractivity contribution in [3.8, 4) is 0 Å². The topological polar surface area (TPSA) is 0 Å². The van der Waals surface area contributed by atoms with Crippen LogP contribution in [0.15, 0.2) is 12.2 Å². The van der Waals surface area contributed by atoms with E-state index in [-0.39, 0.29) is 0 Å². The molecule has 0 aromatic carbocycles. The summed E-state index contributed by atoms with van der Waals surface area (Å²) >= 11 is 0. The molecule has 0 nitrogen and oxygen atoms in total. The molecule has 0 heterocycles. The van der Waals surface area contributed by atoms with Gasteiger partial charge in [-0.3, -0.25) is 0 Å². The third-order valence-corrected chi connectivity index (χ3v) is 2.63. The molecule has 10 heavy (non-hydrogen) atoms. The van der Waals surface area contributed by atoms with Gasteiger partial charge in [-0.25, -0.2) is 0 Å². The summed E-state index contributed by atoms with van der Waals surface area (Å²) in [5, 5.41) is 0. The van der Waals surface area contributed by atoms with Gasteiger partial charge in [0, 0.05) is 0 Å². The van der Waals surface area contributed by atoms with Gasteiger partial charge in [0.1, 0.15) is 0 Å². The highest BCUT2D eigenvalue weighted by Crippen LogP contribution is 2.40. The number of allylic oxidation sites excluding steroid dienone is 1. The van der Waals surface area contributed by atoms with Crippen molar-refractivity contribution in [2.75, 3.05) is 0 Å². The van der Waals surface area contributed by atoms with Crippen LogP contribution in [-0.4, -0.2) is 0 Å². The fourth-order valence-corrected chi connectivity index (χ4v) is 1.25. The average molecular weight is 138 g/mol. The zero-order valence-corrected chi connectivity index (χ0v) is 7.19. The molecule has 2 unspecified atom stereocenters. The highest BCUT2D eigenvalue weighted by atomic mass is 14.3. The van der Waals surface area contributed by atoms with Gasteiger partial charge in [-0.15, -0.1) is 0 Å². The Morgan fingerprint density at radius 3 is 2.70 bits per heavy atom. The monoisotopic (exact) mass is 138 g/mol. The highest BCUT2D eigenvalue weighted by molar-refractivity contribution is 5.18. The van der Waals surface area contributed by atoms with Gasteiger partial charge in [0.05, 0.1) is 0 Å². The maximum atomic E-state index is 3.95. The molecule has 1 aliphatic carbocycles. The van der Waals surface area contributed by atoms with Gasteiger partial charge >= 0.3 is 0 Å². The molecule has 0 saturated heterocycles. The second-order valence-corrected chi connectivity index (χ2v) is 3.65. The molecule has 1 saturated carbocycles. The molecule has 2 atom stereocenters. The van der Waals surface area contributed by atoms with E-state index in [2.05, 4.69) is 20.4 Å². The molecule has 0 bridgehead atoms. The Balaban J connectivity index is 2.00. The fraction of sp³-hybridized carbons (Fsp3) is 0.800. The van der Waals surface area contributed by atoms with Crippen molar-refractivity contribution in [3.63, 3.8) is 0 Å². The molecule has 58 valence electrons. The molecule has 1 aliphatic rings. The standard InChI is InChI=1S/C10H18/c1-4-8(2)5-6-10-7-9(10)3/h8,10H,3-7H2,1-2H3. The predicted octanol–water partition coefficient (Wildman–Crippen LogP) is 3.39. The predicted molar refractivity (Wildman–Crippen MR) is 45.9 cm³/mol. The van der Waals surface area contributed by atoms with Crippen LogP contribution in [-0.2, 0) is 0 Å². The van der Waals surface area contributed by atoms with Crippen LogP contribution in [0.1, 0.15) is 39.5 Å². The Morgan fingerprint density at radius 2 is 2.30 bits per heavy atom. The van der Waals surface area contributed by atoms with E-state index < -0.39 is 0 Å². The van der Waals surface area contributed by atoms with Gasteiger partial charge in [0.25, 0.3) is 0 Å². The van der Waals surface area contributed by atoms with E-state index in [1.54, 1.807) is 0 Å². The van der Waals surface area contributed by atoms with Crippen LogP contribution < -0.4 is 0 Å². The second-order valence-electron chi connectivity index (χ2n) is 3.65. The Labute approximate surface area is 64.3 Å². The van der Waals surface area contributed by atoms with E-state index in [9.17, 15) is 0 Å². The molecule has 0 spiro atoms. The van der Waals surface area contributed by atoms with Gasteiger partial charge in [0.2, 0.25) is 0 Å². The molecular weight excluding hydrogens is 120 g/mol. The van der Waals surface area contributed by atoms with Crippen LogP contribution in [0.4, 0.5) is 0 Å². The molecule has 1 fully saturated rings. The van der Waals surface area contributed by atoms with Gasteiger partial charge in [-0.05, 0) is 24.7 Å². The minimum atomic E-state index is 0.911. The Morgan fingerprint density at radius 1 is 1.70 bits per heavy atom. The summed E-state index contributed by atoms with van der Waals surface area (Å²) in [7, 11) is 0. The van der Waals surface area contributed by atoms with E-state index in [0.717, 1.165) is 11.8 Å². The Bertz CT molecular complexity index is 124. The normalized spacial score (nSPS) is 26.6. The maximum absolute atomic E-state index is 3.95. The average Bonchev–Trinajstić information content (AvgIpc) is 2.61. The molecule has 0 aliphatic heterocycles. The quantitative estimate of drug-likeness (QED) is 0.522. The molecule has 0 amide bonds. The summed E-state index contributed by atoms with van der Waals surface area (Å²) in [5.74, 6) is 1.84. The second kappa shape index (κ2) is 3.23. The first kappa shape index (κ1) is 7.84. The molecule has 0 heteroatoms. The van der Waals surface area contributed by atoms with Crippen molar-refractivity contribution in [1.82, 2.24) is 0 Å². The van der Waals surface area contributed by atoms with Gasteiger partial charge in [-0.1, -0.05) is 38.8 Å². The number of rotatable bonds is 4. The molecule has 0 radical (unpaired) electrons. The maximum Gasteiger partial charge on any atom is -0.0168 e. The SMILES string of the molecule is C=C1CC1CCC(C)CC. The minimum absolute atomic E-state index is 0.911. The summed E-state index contributed by atoms with van der Waals surface area (Å²) in [5.41, 5.74) is 1.49. The van der Waals surface area contributed by atoms with Gasteiger partial charge in [-0.2, -0.15) is 0 Å². The lowest BCUT2D eigenvalue weighted by molar-refractivity contribution is 0.481. The lowest BCUT2D eigenvalue weighted by Crippen LogP contribution is -1.91. The van der Waals surface area contributed by atoms with Crippen molar-refractivity contribution in [1.29, 1.82) is 0 Å². The fourth-order valence-electron chi connectivity index (χ4n) is 1.25. The zero-order chi connectivity index (χ0) is 7.56. The molecular formula is C10H18. The number of hydrogen-bond acceptors (Lipinski definition) is 0. The number of hydrogen-bond donors (Lipinski definition) is 0. The zero-order valence-electron chi connectivity index (χ0n) is 7.19. The Hall–Kier alpha value is -0.260. The van der Waals surface area contributed by atoms with Crippen LogP contribution in [0.3, 0.4) is 0 Å². The van der Waals surface area contributed by atoms with Crippen molar-refractivity contribution in [2.24, 2.45) is 11.8 Å². The van der Waals surface area contributed by atoms with Gasteiger partial charge in [0.15, 0.2) is 0 Å². The van der Waals surface area contributed by atoms with E-state index in [1.807, 2.05) is 0 Å². The van der Waals surface area contributed by atoms with Crippen molar-refractivity contribution < 1.29 is 0 Å². The first-order chi connectivity index (χ1) is 4.74. The lowest BCUT2D eigenvalue weighted by Gasteiger charge is -2.05. The molecule has 0 N–H and O–H groups in total. The Kier molecular flexibility index (Phi) is 2.53. The molecule has 0 aromatic heterocycles. The van der Waals surface area contributed by atoms with Crippen LogP contribution in [0, 0.1) is 11.8 Å². The minimum Gasteiger partial charge on any atom is -0.0995 e. The van der Waals surface area contributed by atoms with Crippen LogP contribution in [0.2, 0.25) is 0 Å².